The number of rotatable bonds is 1. The van der Waals surface area contributed by atoms with Gasteiger partial charge in [0.1, 0.15) is 18.2 Å². The van der Waals surface area contributed by atoms with Crippen LogP contribution in [0.1, 0.15) is 57.2 Å². The Morgan fingerprint density at radius 1 is 0.875 bits per heavy atom. The third kappa shape index (κ3) is 2.61. The van der Waals surface area contributed by atoms with Crippen LogP contribution in [-0.4, -0.2) is 0 Å². The molecule has 0 amide bonds. The quantitative estimate of drug-likeness (QED) is 0.242. The van der Waals surface area contributed by atoms with E-state index < -0.39 is 0 Å². The number of nitrogens with zero attached hydrogens (tertiary/aromatic N) is 1. The van der Waals surface area contributed by atoms with Crippen molar-refractivity contribution in [2.24, 2.45) is 7.05 Å². The fourth-order valence-electron chi connectivity index (χ4n) is 5.79. The van der Waals surface area contributed by atoms with Crippen molar-refractivity contribution in [3.8, 4) is 10.6 Å². The van der Waals surface area contributed by atoms with Crippen molar-refractivity contribution >= 4 is 44.0 Å². The Bertz CT molecular complexity index is 1550. The second-order valence-electron chi connectivity index (χ2n) is 10.9. The largest absolute Gasteiger partial charge is 0.454 e. The summed E-state index contributed by atoms with van der Waals surface area (Å²) in [7, 11) is 2.11. The molecule has 2 aromatic heterocycles. The molecule has 0 saturated heterocycles. The summed E-state index contributed by atoms with van der Waals surface area (Å²) in [5, 5.41) is 8.41. The number of hydrogen-bond donors (Lipinski definition) is 0. The Morgan fingerprint density at radius 2 is 1.56 bits per heavy atom. The molecule has 32 heavy (non-hydrogen) atoms. The topological polar surface area (TPSA) is 17.0 Å². The molecule has 0 saturated carbocycles. The standard InChI is InChI=1S/C29H30NOS/c1-17-7-10-19-20-11-8-18-9-12-21-24(29(4,5)14-13-28(21,2)3)23(18)26(20)31-25(19)22(17)27-30(6)15-16-32-27/h7-12,15-16H,13-14H2,1-6H3/q+1. The average molecular weight is 441 g/mol. The monoisotopic (exact) mass is 440 g/mol. The highest BCUT2D eigenvalue weighted by Crippen LogP contribution is 2.51. The Kier molecular flexibility index (Phi) is 4.03. The normalized spacial score (nSPS) is 17.3. The first-order valence-corrected chi connectivity index (χ1v) is 12.4. The number of benzene rings is 3. The lowest BCUT2D eigenvalue weighted by Gasteiger charge is -2.42. The molecule has 0 fully saturated rings. The zero-order chi connectivity index (χ0) is 22.4. The van der Waals surface area contributed by atoms with E-state index in [0.717, 1.165) is 11.2 Å². The first-order valence-electron chi connectivity index (χ1n) is 11.5. The molecule has 162 valence electrons. The van der Waals surface area contributed by atoms with E-state index >= 15 is 0 Å². The molecule has 3 aromatic carbocycles. The maximum Gasteiger partial charge on any atom is 0.272 e. The van der Waals surface area contributed by atoms with E-state index in [1.807, 2.05) is 0 Å². The molecule has 1 aliphatic rings. The second kappa shape index (κ2) is 6.45. The van der Waals surface area contributed by atoms with Gasteiger partial charge in [-0.1, -0.05) is 69.4 Å². The van der Waals surface area contributed by atoms with Gasteiger partial charge in [-0.05, 0) is 58.7 Å². The van der Waals surface area contributed by atoms with Gasteiger partial charge in [0.15, 0.2) is 11.8 Å². The lowest BCUT2D eigenvalue weighted by molar-refractivity contribution is -0.655. The molecule has 0 radical (unpaired) electrons. The van der Waals surface area contributed by atoms with E-state index in [0.29, 0.717) is 0 Å². The number of fused-ring (bicyclic) bond motifs is 7. The third-order valence-electron chi connectivity index (χ3n) is 7.78. The molecular weight excluding hydrogens is 410 g/mol. The molecule has 2 nitrogen and oxygen atoms in total. The highest BCUT2D eigenvalue weighted by Gasteiger charge is 2.39. The van der Waals surface area contributed by atoms with Gasteiger partial charge in [0.05, 0.1) is 5.38 Å². The molecule has 5 aromatic rings. The number of thiazole rings is 1. The molecule has 0 atom stereocenters. The number of aryl methyl sites for hydroxylation is 2. The maximum atomic E-state index is 6.88. The maximum absolute atomic E-state index is 6.88. The van der Waals surface area contributed by atoms with E-state index in [2.05, 4.69) is 94.2 Å². The fourth-order valence-corrected chi connectivity index (χ4v) is 6.77. The van der Waals surface area contributed by atoms with Gasteiger partial charge in [0.25, 0.3) is 5.01 Å². The van der Waals surface area contributed by atoms with Gasteiger partial charge in [0.2, 0.25) is 0 Å². The molecule has 0 spiro atoms. The summed E-state index contributed by atoms with van der Waals surface area (Å²) in [6.45, 7) is 11.8. The summed E-state index contributed by atoms with van der Waals surface area (Å²) >= 11 is 1.77. The Hall–Kier alpha value is -2.65. The van der Waals surface area contributed by atoms with Gasteiger partial charge in [-0.3, -0.25) is 0 Å². The predicted octanol–water partition coefficient (Wildman–Crippen LogP) is 7.95. The van der Waals surface area contributed by atoms with Crippen LogP contribution >= 0.6 is 11.3 Å². The van der Waals surface area contributed by atoms with Crippen LogP contribution in [0.2, 0.25) is 0 Å². The van der Waals surface area contributed by atoms with Crippen molar-refractivity contribution in [3.63, 3.8) is 0 Å². The van der Waals surface area contributed by atoms with Crippen LogP contribution in [-0.2, 0) is 17.9 Å². The van der Waals surface area contributed by atoms with Gasteiger partial charge in [-0.15, -0.1) is 0 Å². The molecular formula is C29H30NOS+. The minimum Gasteiger partial charge on any atom is -0.454 e. The molecule has 0 N–H and O–H groups in total. The minimum absolute atomic E-state index is 0.122. The zero-order valence-electron chi connectivity index (χ0n) is 19.8. The highest BCUT2D eigenvalue weighted by atomic mass is 32.1. The van der Waals surface area contributed by atoms with Crippen LogP contribution in [0.15, 0.2) is 52.4 Å². The molecule has 3 heteroatoms. The summed E-state index contributed by atoms with van der Waals surface area (Å²) < 4.78 is 9.08. The molecule has 0 bridgehead atoms. The first-order chi connectivity index (χ1) is 15.2. The fraction of sp³-hybridized carbons (Fsp3) is 0.345. The van der Waals surface area contributed by atoms with Gasteiger partial charge in [0, 0.05) is 16.2 Å². The smallest absolute Gasteiger partial charge is 0.272 e. The number of aromatic nitrogens is 1. The average Bonchev–Trinajstić information content (AvgIpc) is 3.34. The van der Waals surface area contributed by atoms with Crippen LogP contribution in [0.4, 0.5) is 0 Å². The summed E-state index contributed by atoms with van der Waals surface area (Å²) in [4.78, 5) is 0. The first kappa shape index (κ1) is 20.0. The molecule has 2 heterocycles. The summed E-state index contributed by atoms with van der Waals surface area (Å²) in [5.41, 5.74) is 7.79. The van der Waals surface area contributed by atoms with Crippen LogP contribution in [0, 0.1) is 6.92 Å². The molecule has 0 aliphatic heterocycles. The second-order valence-corrected chi connectivity index (χ2v) is 11.7. The van der Waals surface area contributed by atoms with Crippen molar-refractivity contribution in [1.29, 1.82) is 0 Å². The molecule has 1 aliphatic carbocycles. The summed E-state index contributed by atoms with van der Waals surface area (Å²) in [6.07, 6.45) is 4.53. The van der Waals surface area contributed by atoms with Crippen molar-refractivity contribution in [2.45, 2.75) is 58.3 Å². The minimum atomic E-state index is 0.122. The molecule has 0 unspecified atom stereocenters. The van der Waals surface area contributed by atoms with Crippen LogP contribution < -0.4 is 4.57 Å². The number of furan rings is 1. The molecule has 6 rings (SSSR count). The van der Waals surface area contributed by atoms with Crippen molar-refractivity contribution in [1.82, 2.24) is 0 Å². The van der Waals surface area contributed by atoms with Gasteiger partial charge in [-0.25, -0.2) is 0 Å². The van der Waals surface area contributed by atoms with E-state index in [-0.39, 0.29) is 10.8 Å². The van der Waals surface area contributed by atoms with Gasteiger partial charge < -0.3 is 4.42 Å². The van der Waals surface area contributed by atoms with Crippen molar-refractivity contribution in [2.75, 3.05) is 0 Å². The van der Waals surface area contributed by atoms with E-state index in [4.69, 9.17) is 4.42 Å². The van der Waals surface area contributed by atoms with Gasteiger partial charge >= 0.3 is 0 Å². The lowest BCUT2D eigenvalue weighted by Crippen LogP contribution is -2.34. The summed E-state index contributed by atoms with van der Waals surface area (Å²) in [6, 6.07) is 13.7. The lowest BCUT2D eigenvalue weighted by atomic mass is 9.62. The van der Waals surface area contributed by atoms with Crippen molar-refractivity contribution < 1.29 is 8.98 Å². The Morgan fingerprint density at radius 3 is 2.31 bits per heavy atom. The summed E-state index contributed by atoms with van der Waals surface area (Å²) in [5.74, 6) is 0. The zero-order valence-corrected chi connectivity index (χ0v) is 20.6. The van der Waals surface area contributed by atoms with Gasteiger partial charge in [-0.2, -0.15) is 4.57 Å². The van der Waals surface area contributed by atoms with E-state index in [1.54, 1.807) is 11.3 Å². The van der Waals surface area contributed by atoms with Crippen LogP contribution in [0.25, 0.3) is 43.3 Å². The van der Waals surface area contributed by atoms with E-state index in [1.165, 1.54) is 61.6 Å². The Labute approximate surface area is 193 Å². The highest BCUT2D eigenvalue weighted by molar-refractivity contribution is 7.12. The number of hydrogen-bond acceptors (Lipinski definition) is 2. The van der Waals surface area contributed by atoms with Crippen LogP contribution in [0.3, 0.4) is 0 Å². The predicted molar refractivity (Wildman–Crippen MR) is 136 cm³/mol. The SMILES string of the molecule is Cc1ccc2c(oc3c2ccc2ccc4c(c23)C(C)(C)CCC4(C)C)c1-c1scc[n+]1C. The van der Waals surface area contributed by atoms with Crippen LogP contribution in [0.5, 0.6) is 0 Å². The third-order valence-corrected chi connectivity index (χ3v) is 8.75. The van der Waals surface area contributed by atoms with Crippen molar-refractivity contribution in [3.05, 3.63) is 64.7 Å². The Balaban J connectivity index is 1.81. The van der Waals surface area contributed by atoms with E-state index in [9.17, 15) is 0 Å².